The third kappa shape index (κ3) is 3.79. The minimum absolute atomic E-state index is 0.00529. The number of carbonyl (C=O) groups is 2. The second kappa shape index (κ2) is 8.13. The van der Waals surface area contributed by atoms with Crippen LogP contribution in [0.4, 0.5) is 0 Å². The summed E-state index contributed by atoms with van der Waals surface area (Å²) in [5, 5.41) is 3.12. The molecule has 1 aromatic heterocycles. The van der Waals surface area contributed by atoms with Crippen molar-refractivity contribution in [2.24, 2.45) is 11.3 Å². The number of pyridine rings is 1. The van der Waals surface area contributed by atoms with Gasteiger partial charge in [0, 0.05) is 43.0 Å². The highest BCUT2D eigenvalue weighted by Gasteiger charge is 2.51. The number of hydrogen-bond acceptors (Lipinski definition) is 3. The fraction of sp³-hybridized carbons (Fsp3) is 0.435. The maximum atomic E-state index is 13.1. The maximum absolute atomic E-state index is 13.1. The molecule has 1 atom stereocenters. The Balaban J connectivity index is 1.50. The van der Waals surface area contributed by atoms with Crippen molar-refractivity contribution >= 4 is 11.8 Å². The van der Waals surface area contributed by atoms with Gasteiger partial charge in [0.1, 0.15) is 0 Å². The standard InChI is InChI=1S/C23H27N3O2/c27-21(25-15-18-7-3-1-4-8-18)20-16-26(17-23(20)11-5-2-6-12-23)22(28)19-9-13-24-14-10-19/h1,3-4,7-10,13-14,20H,2,5-6,11-12,15-17H2,(H,25,27). The average Bonchev–Trinajstić information content (AvgIpc) is 3.12. The first-order valence-electron chi connectivity index (χ1n) is 10.2. The van der Waals surface area contributed by atoms with E-state index in [0.717, 1.165) is 31.2 Å². The van der Waals surface area contributed by atoms with E-state index in [1.165, 1.54) is 6.42 Å². The lowest BCUT2D eigenvalue weighted by atomic mass is 9.67. The molecule has 2 aliphatic rings. The van der Waals surface area contributed by atoms with Gasteiger partial charge in [-0.1, -0.05) is 49.6 Å². The van der Waals surface area contributed by atoms with Crippen molar-refractivity contribution in [1.29, 1.82) is 0 Å². The number of carbonyl (C=O) groups excluding carboxylic acids is 2. The first kappa shape index (κ1) is 18.7. The summed E-state index contributed by atoms with van der Waals surface area (Å²) in [6.45, 7) is 1.71. The predicted octanol–water partition coefficient (Wildman–Crippen LogP) is 3.42. The van der Waals surface area contributed by atoms with Crippen LogP contribution in [0.5, 0.6) is 0 Å². The number of likely N-dealkylation sites (tertiary alicyclic amines) is 1. The SMILES string of the molecule is O=C(NCc1ccccc1)C1CN(C(=O)c2ccncc2)CC12CCCCC2. The molecule has 1 saturated carbocycles. The van der Waals surface area contributed by atoms with Crippen LogP contribution in [0.15, 0.2) is 54.9 Å². The monoisotopic (exact) mass is 377 g/mol. The Morgan fingerprint density at radius 1 is 1.04 bits per heavy atom. The summed E-state index contributed by atoms with van der Waals surface area (Å²) in [5.41, 5.74) is 1.66. The van der Waals surface area contributed by atoms with Crippen molar-refractivity contribution in [3.05, 3.63) is 66.0 Å². The highest BCUT2D eigenvalue weighted by Crippen LogP contribution is 2.48. The quantitative estimate of drug-likeness (QED) is 0.888. The lowest BCUT2D eigenvalue weighted by Gasteiger charge is -2.37. The molecule has 5 heteroatoms. The van der Waals surface area contributed by atoms with Crippen LogP contribution in [0.25, 0.3) is 0 Å². The molecule has 5 nitrogen and oxygen atoms in total. The molecule has 2 amide bonds. The van der Waals surface area contributed by atoms with Gasteiger partial charge in [-0.25, -0.2) is 0 Å². The molecule has 1 aromatic carbocycles. The topological polar surface area (TPSA) is 62.3 Å². The Labute approximate surface area is 166 Å². The molecule has 1 aliphatic carbocycles. The second-order valence-electron chi connectivity index (χ2n) is 8.10. The van der Waals surface area contributed by atoms with Gasteiger partial charge in [-0.05, 0) is 30.5 Å². The van der Waals surface area contributed by atoms with Crippen LogP contribution in [0.1, 0.15) is 48.0 Å². The average molecular weight is 377 g/mol. The molecule has 28 heavy (non-hydrogen) atoms. The summed E-state index contributed by atoms with van der Waals surface area (Å²) >= 11 is 0. The van der Waals surface area contributed by atoms with Gasteiger partial charge in [-0.15, -0.1) is 0 Å². The number of hydrogen-bond donors (Lipinski definition) is 1. The van der Waals surface area contributed by atoms with E-state index in [0.29, 0.717) is 25.2 Å². The number of aromatic nitrogens is 1. The van der Waals surface area contributed by atoms with Gasteiger partial charge in [-0.3, -0.25) is 14.6 Å². The lowest BCUT2D eigenvalue weighted by Crippen LogP contribution is -2.42. The lowest BCUT2D eigenvalue weighted by molar-refractivity contribution is -0.128. The van der Waals surface area contributed by atoms with E-state index in [9.17, 15) is 9.59 Å². The van der Waals surface area contributed by atoms with Crippen molar-refractivity contribution in [3.63, 3.8) is 0 Å². The third-order valence-electron chi connectivity index (χ3n) is 6.34. The molecule has 2 fully saturated rings. The molecule has 4 rings (SSSR count). The highest BCUT2D eigenvalue weighted by atomic mass is 16.2. The van der Waals surface area contributed by atoms with E-state index in [4.69, 9.17) is 0 Å². The van der Waals surface area contributed by atoms with E-state index in [1.54, 1.807) is 24.5 Å². The minimum atomic E-state index is -0.137. The summed E-state index contributed by atoms with van der Waals surface area (Å²) in [5.74, 6) is -0.0520. The summed E-state index contributed by atoms with van der Waals surface area (Å²) in [7, 11) is 0. The molecule has 1 aliphatic heterocycles. The molecule has 1 N–H and O–H groups in total. The Morgan fingerprint density at radius 3 is 2.46 bits per heavy atom. The van der Waals surface area contributed by atoms with Crippen LogP contribution in [-0.2, 0) is 11.3 Å². The Morgan fingerprint density at radius 2 is 1.75 bits per heavy atom. The van der Waals surface area contributed by atoms with Crippen LogP contribution >= 0.6 is 0 Å². The normalized spacial score (nSPS) is 20.9. The molecule has 2 aromatic rings. The first-order chi connectivity index (χ1) is 13.7. The molecule has 1 saturated heterocycles. The fourth-order valence-corrected chi connectivity index (χ4v) is 4.83. The number of nitrogens with zero attached hydrogens (tertiary/aromatic N) is 2. The van der Waals surface area contributed by atoms with Gasteiger partial charge in [-0.2, -0.15) is 0 Å². The van der Waals surface area contributed by atoms with E-state index in [-0.39, 0.29) is 23.1 Å². The number of rotatable bonds is 4. The van der Waals surface area contributed by atoms with Gasteiger partial charge < -0.3 is 10.2 Å². The number of nitrogens with one attached hydrogen (secondary N) is 1. The predicted molar refractivity (Wildman–Crippen MR) is 107 cm³/mol. The Kier molecular flexibility index (Phi) is 5.42. The van der Waals surface area contributed by atoms with Crippen molar-refractivity contribution < 1.29 is 9.59 Å². The molecule has 1 spiro atoms. The zero-order valence-corrected chi connectivity index (χ0v) is 16.1. The van der Waals surface area contributed by atoms with Gasteiger partial charge >= 0.3 is 0 Å². The first-order valence-corrected chi connectivity index (χ1v) is 10.2. The van der Waals surface area contributed by atoms with E-state index in [1.807, 2.05) is 35.2 Å². The molecule has 0 bridgehead atoms. The second-order valence-corrected chi connectivity index (χ2v) is 8.10. The van der Waals surface area contributed by atoms with Crippen molar-refractivity contribution in [2.45, 2.75) is 38.6 Å². The molecular weight excluding hydrogens is 350 g/mol. The van der Waals surface area contributed by atoms with Crippen molar-refractivity contribution in [1.82, 2.24) is 15.2 Å². The summed E-state index contributed by atoms with van der Waals surface area (Å²) in [4.78, 5) is 32.0. The van der Waals surface area contributed by atoms with Gasteiger partial charge in [0.15, 0.2) is 0 Å². The summed E-state index contributed by atoms with van der Waals surface area (Å²) in [6.07, 6.45) is 8.83. The minimum Gasteiger partial charge on any atom is -0.352 e. The fourth-order valence-electron chi connectivity index (χ4n) is 4.83. The van der Waals surface area contributed by atoms with E-state index in [2.05, 4.69) is 10.3 Å². The largest absolute Gasteiger partial charge is 0.352 e. The Hall–Kier alpha value is -2.69. The van der Waals surface area contributed by atoms with Gasteiger partial charge in [0.05, 0.1) is 5.92 Å². The molecule has 146 valence electrons. The van der Waals surface area contributed by atoms with Crippen LogP contribution in [-0.4, -0.2) is 34.8 Å². The molecule has 0 radical (unpaired) electrons. The summed E-state index contributed by atoms with van der Waals surface area (Å²) < 4.78 is 0. The van der Waals surface area contributed by atoms with Gasteiger partial charge in [0.25, 0.3) is 5.91 Å². The maximum Gasteiger partial charge on any atom is 0.254 e. The number of benzene rings is 1. The van der Waals surface area contributed by atoms with Crippen LogP contribution < -0.4 is 5.32 Å². The number of amides is 2. The van der Waals surface area contributed by atoms with E-state index < -0.39 is 0 Å². The zero-order valence-electron chi connectivity index (χ0n) is 16.1. The van der Waals surface area contributed by atoms with E-state index >= 15 is 0 Å². The van der Waals surface area contributed by atoms with Crippen LogP contribution in [0, 0.1) is 11.3 Å². The van der Waals surface area contributed by atoms with Crippen LogP contribution in [0.3, 0.4) is 0 Å². The summed E-state index contributed by atoms with van der Waals surface area (Å²) in [6, 6.07) is 13.5. The van der Waals surface area contributed by atoms with Crippen LogP contribution in [0.2, 0.25) is 0 Å². The van der Waals surface area contributed by atoms with Gasteiger partial charge in [0.2, 0.25) is 5.91 Å². The smallest absolute Gasteiger partial charge is 0.254 e. The highest BCUT2D eigenvalue weighted by molar-refractivity contribution is 5.95. The zero-order chi connectivity index (χ0) is 19.4. The Bertz CT molecular complexity index is 816. The third-order valence-corrected chi connectivity index (χ3v) is 6.34. The molecule has 2 heterocycles. The molecular formula is C23H27N3O2. The van der Waals surface area contributed by atoms with Crippen molar-refractivity contribution in [2.75, 3.05) is 13.1 Å². The van der Waals surface area contributed by atoms with Crippen molar-refractivity contribution in [3.8, 4) is 0 Å². The molecule has 1 unspecified atom stereocenters.